The van der Waals surface area contributed by atoms with Gasteiger partial charge in [-0.2, -0.15) is 0 Å². The van der Waals surface area contributed by atoms with Gasteiger partial charge >= 0.3 is 0 Å². The van der Waals surface area contributed by atoms with Crippen molar-refractivity contribution in [2.45, 2.75) is 75.7 Å². The first-order valence-electron chi connectivity index (χ1n) is 12.4. The van der Waals surface area contributed by atoms with Crippen LogP contribution in [-0.4, -0.2) is 27.8 Å². The minimum Gasteiger partial charge on any atom is -0.497 e. The second-order valence-electron chi connectivity index (χ2n) is 8.81. The van der Waals surface area contributed by atoms with Crippen molar-refractivity contribution >= 4 is 34.4 Å². The van der Waals surface area contributed by atoms with Crippen LogP contribution in [0.5, 0.6) is 5.75 Å². The molecule has 1 aromatic heterocycles. The molecule has 0 radical (unpaired) electrons. The number of rotatable bonds is 10. The Labute approximate surface area is 207 Å². The number of hydrogen-bond donors (Lipinski definition) is 1. The molecule has 1 N–H and O–H groups in total. The number of aromatic nitrogens is 2. The van der Waals surface area contributed by atoms with Crippen LogP contribution in [0.25, 0.3) is 11.0 Å². The van der Waals surface area contributed by atoms with Gasteiger partial charge in [-0.25, -0.2) is 4.98 Å². The largest absolute Gasteiger partial charge is 0.497 e. The summed E-state index contributed by atoms with van der Waals surface area (Å²) in [6.07, 6.45) is 10.1. The van der Waals surface area contributed by atoms with Crippen LogP contribution in [0.1, 0.15) is 57.9 Å². The number of fused-ring (bicyclic) bond motifs is 1. The molecule has 4 rings (SSSR count). The first-order chi connectivity index (χ1) is 16.6. The number of carbonyl (C=O) groups is 1. The molecule has 1 atom stereocenters. The van der Waals surface area contributed by atoms with Crippen molar-refractivity contribution < 1.29 is 9.53 Å². The van der Waals surface area contributed by atoms with Gasteiger partial charge in [-0.15, -0.1) is 0 Å². The van der Waals surface area contributed by atoms with Gasteiger partial charge in [0.15, 0.2) is 5.16 Å². The summed E-state index contributed by atoms with van der Waals surface area (Å²) in [6, 6.07) is 14.1. The molecule has 1 aliphatic rings. The minimum atomic E-state index is -0.225. The molecule has 1 unspecified atom stereocenters. The highest BCUT2D eigenvalue weighted by molar-refractivity contribution is 8.00. The van der Waals surface area contributed by atoms with E-state index < -0.39 is 0 Å². The highest BCUT2D eigenvalue weighted by Gasteiger charge is 2.23. The number of hydrogen-bond acceptors (Lipinski definition) is 4. The summed E-state index contributed by atoms with van der Waals surface area (Å²) in [5.74, 6) is 0.812. The molecular formula is C28H35N3O2S. The molecule has 34 heavy (non-hydrogen) atoms. The second-order valence-corrected chi connectivity index (χ2v) is 9.98. The van der Waals surface area contributed by atoms with Crippen LogP contribution in [0.3, 0.4) is 0 Å². The van der Waals surface area contributed by atoms with Gasteiger partial charge in [-0.05, 0) is 74.8 Å². The molecular weight excluding hydrogens is 442 g/mol. The van der Waals surface area contributed by atoms with Crippen LogP contribution in [0, 0.1) is 0 Å². The van der Waals surface area contributed by atoms with E-state index in [0.717, 1.165) is 53.4 Å². The van der Waals surface area contributed by atoms with E-state index >= 15 is 0 Å². The maximum Gasteiger partial charge on any atom is 0.237 e. The average Bonchev–Trinajstić information content (AvgIpc) is 3.22. The summed E-state index contributed by atoms with van der Waals surface area (Å²) < 4.78 is 7.70. The van der Waals surface area contributed by atoms with Crippen molar-refractivity contribution in [2.24, 2.45) is 0 Å². The van der Waals surface area contributed by atoms with Crippen molar-refractivity contribution in [1.29, 1.82) is 0 Å². The number of anilines is 1. The van der Waals surface area contributed by atoms with Crippen LogP contribution in [0.4, 0.5) is 5.69 Å². The Morgan fingerprint density at radius 3 is 2.68 bits per heavy atom. The Kier molecular flexibility index (Phi) is 8.33. The number of methoxy groups -OCH3 is 1. The van der Waals surface area contributed by atoms with Crippen LogP contribution in [0.15, 0.2) is 59.3 Å². The predicted octanol–water partition coefficient (Wildman–Crippen LogP) is 7.01. The van der Waals surface area contributed by atoms with Crippen molar-refractivity contribution in [3.63, 3.8) is 0 Å². The molecule has 0 saturated heterocycles. The number of carbonyl (C=O) groups excluding carboxylic acids is 1. The van der Waals surface area contributed by atoms with Crippen LogP contribution < -0.4 is 10.1 Å². The van der Waals surface area contributed by atoms with Crippen molar-refractivity contribution in [3.8, 4) is 5.75 Å². The van der Waals surface area contributed by atoms with Gasteiger partial charge in [0.05, 0.1) is 23.4 Å². The Hall–Kier alpha value is -2.73. The maximum absolute atomic E-state index is 13.1. The van der Waals surface area contributed by atoms with Crippen molar-refractivity contribution in [1.82, 2.24) is 9.55 Å². The molecule has 1 heterocycles. The third kappa shape index (κ3) is 5.84. The van der Waals surface area contributed by atoms with Gasteiger partial charge in [-0.1, -0.05) is 49.4 Å². The fourth-order valence-corrected chi connectivity index (χ4v) is 5.46. The maximum atomic E-state index is 13.1. The third-order valence-corrected chi connectivity index (χ3v) is 7.86. The number of thioether (sulfide) groups is 1. The van der Waals surface area contributed by atoms with Gasteiger partial charge in [0.25, 0.3) is 0 Å². The minimum absolute atomic E-state index is 0.0166. The Morgan fingerprint density at radius 1 is 1.18 bits per heavy atom. The van der Waals surface area contributed by atoms with E-state index in [1.165, 1.54) is 36.8 Å². The molecule has 6 heteroatoms. The van der Waals surface area contributed by atoms with Gasteiger partial charge < -0.3 is 14.6 Å². The van der Waals surface area contributed by atoms with Gasteiger partial charge in [0, 0.05) is 18.3 Å². The Bertz CT molecular complexity index is 1150. The summed E-state index contributed by atoms with van der Waals surface area (Å²) in [4.78, 5) is 18.1. The predicted molar refractivity (Wildman–Crippen MR) is 142 cm³/mol. The molecule has 5 nitrogen and oxygen atoms in total. The normalized spacial score (nSPS) is 14.6. The topological polar surface area (TPSA) is 56.1 Å². The monoisotopic (exact) mass is 477 g/mol. The van der Waals surface area contributed by atoms with Gasteiger partial charge in [0.2, 0.25) is 5.91 Å². The summed E-state index contributed by atoms with van der Waals surface area (Å²) in [6.45, 7) is 5.05. The molecule has 0 aliphatic heterocycles. The van der Waals surface area contributed by atoms with E-state index in [4.69, 9.17) is 9.72 Å². The van der Waals surface area contributed by atoms with E-state index in [0.29, 0.717) is 0 Å². The molecule has 0 saturated carbocycles. The molecule has 2 aromatic carbocycles. The van der Waals surface area contributed by atoms with Crippen LogP contribution in [-0.2, 0) is 17.8 Å². The lowest BCUT2D eigenvalue weighted by molar-refractivity contribution is -0.115. The van der Waals surface area contributed by atoms with E-state index in [9.17, 15) is 4.79 Å². The first-order valence-corrected chi connectivity index (χ1v) is 13.3. The highest BCUT2D eigenvalue weighted by Crippen LogP contribution is 2.32. The number of aryl methyl sites for hydroxylation is 2. The molecule has 1 amide bonds. The van der Waals surface area contributed by atoms with Crippen LogP contribution >= 0.6 is 11.8 Å². The van der Waals surface area contributed by atoms with E-state index in [-0.39, 0.29) is 11.2 Å². The van der Waals surface area contributed by atoms with E-state index in [2.05, 4.69) is 48.0 Å². The molecule has 1 aliphatic carbocycles. The number of ether oxygens (including phenoxy) is 1. The van der Waals surface area contributed by atoms with Gasteiger partial charge in [-0.3, -0.25) is 4.79 Å². The number of allylic oxidation sites excluding steroid dienone is 2. The summed E-state index contributed by atoms with van der Waals surface area (Å²) in [7, 11) is 1.67. The smallest absolute Gasteiger partial charge is 0.237 e. The average molecular weight is 478 g/mol. The Balaban J connectivity index is 1.56. The SMILES string of the molecule is CCc1ccc(NC(=O)C(CC)Sc2nc3cc(OC)ccc3n2CCC2=CCCCC2)cc1. The number of imidazole rings is 1. The van der Waals surface area contributed by atoms with Gasteiger partial charge in [0.1, 0.15) is 5.75 Å². The summed E-state index contributed by atoms with van der Waals surface area (Å²) in [5, 5.41) is 3.76. The number of amides is 1. The standard InChI is InChI=1S/C28H35N3O2S/c1-4-20-11-13-22(14-12-20)29-27(32)26(5-2)34-28-30-24-19-23(33-3)15-16-25(24)31(28)18-17-21-9-7-6-8-10-21/h9,11-16,19,26H,4-8,10,17-18H2,1-3H3,(H,29,32). The molecule has 0 bridgehead atoms. The number of benzene rings is 2. The number of nitrogens with one attached hydrogen (secondary N) is 1. The lowest BCUT2D eigenvalue weighted by Gasteiger charge is -2.17. The van der Waals surface area contributed by atoms with Crippen molar-refractivity contribution in [3.05, 3.63) is 59.7 Å². The van der Waals surface area contributed by atoms with E-state index in [1.54, 1.807) is 18.9 Å². The summed E-state index contributed by atoms with van der Waals surface area (Å²) in [5.41, 5.74) is 5.63. The van der Waals surface area contributed by atoms with Crippen LogP contribution in [0.2, 0.25) is 0 Å². The molecule has 0 fully saturated rings. The lowest BCUT2D eigenvalue weighted by Crippen LogP contribution is -2.25. The zero-order valence-electron chi connectivity index (χ0n) is 20.5. The molecule has 3 aromatic rings. The first kappa shape index (κ1) is 24.4. The fraction of sp³-hybridized carbons (Fsp3) is 0.429. The quantitative estimate of drug-likeness (QED) is 0.252. The zero-order chi connectivity index (χ0) is 23.9. The van der Waals surface area contributed by atoms with E-state index in [1.807, 2.05) is 24.3 Å². The molecule has 0 spiro atoms. The number of nitrogens with zero attached hydrogens (tertiary/aromatic N) is 2. The molecule has 180 valence electrons. The fourth-order valence-electron chi connectivity index (χ4n) is 4.40. The zero-order valence-corrected chi connectivity index (χ0v) is 21.3. The highest BCUT2D eigenvalue weighted by atomic mass is 32.2. The van der Waals surface area contributed by atoms with Crippen molar-refractivity contribution in [2.75, 3.05) is 12.4 Å². The third-order valence-electron chi connectivity index (χ3n) is 6.50. The Morgan fingerprint density at radius 2 is 2.00 bits per heavy atom. The lowest BCUT2D eigenvalue weighted by atomic mass is 9.97. The second kappa shape index (κ2) is 11.6. The summed E-state index contributed by atoms with van der Waals surface area (Å²) >= 11 is 1.56.